The van der Waals surface area contributed by atoms with E-state index >= 15 is 0 Å². The van der Waals surface area contributed by atoms with E-state index < -0.39 is 0 Å². The molecule has 0 heterocycles. The molecule has 1 rings (SSSR count). The smallest absolute Gasteiger partial charge is 0.127 e. The van der Waals surface area contributed by atoms with Gasteiger partial charge in [-0.15, -0.1) is 0 Å². The number of halogens is 1. The minimum absolute atomic E-state index is 0.152. The lowest BCUT2D eigenvalue weighted by Crippen LogP contribution is -2.20. The Hall–Kier alpha value is -0.930. The van der Waals surface area contributed by atoms with Crippen molar-refractivity contribution in [2.45, 2.75) is 26.8 Å². The number of hydrogen-bond donors (Lipinski definition) is 1. The molecule has 0 aliphatic heterocycles. The molecule has 0 radical (unpaired) electrons. The summed E-state index contributed by atoms with van der Waals surface area (Å²) >= 11 is 0. The number of nitrogens with one attached hydrogen (secondary N) is 1. The van der Waals surface area contributed by atoms with Crippen LogP contribution in [0.1, 0.15) is 25.8 Å². The zero-order valence-electron chi connectivity index (χ0n) is 10.7. The van der Waals surface area contributed by atoms with Crippen LogP contribution in [-0.2, 0) is 11.3 Å². The molecule has 96 valence electrons. The second-order valence-corrected chi connectivity index (χ2v) is 4.56. The topological polar surface area (TPSA) is 21.3 Å². The van der Waals surface area contributed by atoms with Crippen molar-refractivity contribution < 1.29 is 9.13 Å². The Balaban J connectivity index is 2.03. The molecule has 1 aromatic rings. The Morgan fingerprint density at radius 2 is 2.00 bits per heavy atom. The average molecular weight is 239 g/mol. The molecular formula is C14H22FNO. The van der Waals surface area contributed by atoms with Gasteiger partial charge in [-0.1, -0.05) is 32.0 Å². The monoisotopic (exact) mass is 239 g/mol. The van der Waals surface area contributed by atoms with E-state index in [9.17, 15) is 4.39 Å². The van der Waals surface area contributed by atoms with Crippen LogP contribution < -0.4 is 5.32 Å². The fourth-order valence-corrected chi connectivity index (χ4v) is 1.43. The number of hydrogen-bond acceptors (Lipinski definition) is 2. The van der Waals surface area contributed by atoms with E-state index in [4.69, 9.17) is 4.74 Å². The van der Waals surface area contributed by atoms with Crippen molar-refractivity contribution in [2.24, 2.45) is 5.92 Å². The Morgan fingerprint density at radius 1 is 1.24 bits per heavy atom. The molecule has 3 heteroatoms. The molecule has 0 fully saturated rings. The van der Waals surface area contributed by atoms with E-state index in [1.165, 1.54) is 6.07 Å². The van der Waals surface area contributed by atoms with Crippen molar-refractivity contribution in [1.29, 1.82) is 0 Å². The van der Waals surface area contributed by atoms with Gasteiger partial charge in [0.1, 0.15) is 5.82 Å². The molecule has 0 bridgehead atoms. The molecule has 0 aliphatic rings. The van der Waals surface area contributed by atoms with Gasteiger partial charge in [0.15, 0.2) is 0 Å². The SMILES string of the molecule is CC(C)CCOCCNCc1ccccc1F. The molecular weight excluding hydrogens is 217 g/mol. The van der Waals surface area contributed by atoms with Gasteiger partial charge in [-0.2, -0.15) is 0 Å². The number of ether oxygens (including phenoxy) is 1. The van der Waals surface area contributed by atoms with Gasteiger partial charge in [0.2, 0.25) is 0 Å². The summed E-state index contributed by atoms with van der Waals surface area (Å²) in [5.41, 5.74) is 0.703. The lowest BCUT2D eigenvalue weighted by atomic mass is 10.1. The van der Waals surface area contributed by atoms with Crippen molar-refractivity contribution in [2.75, 3.05) is 19.8 Å². The third-order valence-electron chi connectivity index (χ3n) is 2.54. The zero-order valence-corrected chi connectivity index (χ0v) is 10.7. The second kappa shape index (κ2) is 8.20. The Labute approximate surface area is 103 Å². The Kier molecular flexibility index (Phi) is 6.82. The maximum atomic E-state index is 13.2. The first kappa shape index (κ1) is 14.1. The van der Waals surface area contributed by atoms with Crippen LogP contribution in [0.4, 0.5) is 4.39 Å². The Bertz CT molecular complexity index is 315. The van der Waals surface area contributed by atoms with Crippen LogP contribution >= 0.6 is 0 Å². The maximum absolute atomic E-state index is 13.2. The summed E-state index contributed by atoms with van der Waals surface area (Å²) in [6, 6.07) is 6.82. The highest BCUT2D eigenvalue weighted by Gasteiger charge is 1.99. The van der Waals surface area contributed by atoms with Crippen LogP contribution in [0.25, 0.3) is 0 Å². The molecule has 17 heavy (non-hydrogen) atoms. The average Bonchev–Trinajstić information content (AvgIpc) is 2.30. The summed E-state index contributed by atoms with van der Waals surface area (Å²) in [6.45, 7) is 7.16. The highest BCUT2D eigenvalue weighted by molar-refractivity contribution is 5.16. The van der Waals surface area contributed by atoms with Gasteiger partial charge in [0.25, 0.3) is 0 Å². The highest BCUT2D eigenvalue weighted by Crippen LogP contribution is 2.05. The first-order valence-electron chi connectivity index (χ1n) is 6.22. The van der Waals surface area contributed by atoms with Crippen LogP contribution in [0.2, 0.25) is 0 Å². The van der Waals surface area contributed by atoms with Crippen molar-refractivity contribution >= 4 is 0 Å². The van der Waals surface area contributed by atoms with E-state index in [2.05, 4.69) is 19.2 Å². The summed E-state index contributed by atoms with van der Waals surface area (Å²) in [4.78, 5) is 0. The molecule has 0 aromatic heterocycles. The zero-order chi connectivity index (χ0) is 12.5. The van der Waals surface area contributed by atoms with E-state index in [-0.39, 0.29) is 5.82 Å². The maximum Gasteiger partial charge on any atom is 0.127 e. The first-order chi connectivity index (χ1) is 8.20. The fraction of sp³-hybridized carbons (Fsp3) is 0.571. The van der Waals surface area contributed by atoms with Gasteiger partial charge in [0, 0.05) is 25.3 Å². The normalized spacial score (nSPS) is 11.1. The summed E-state index contributed by atoms with van der Waals surface area (Å²) < 4.78 is 18.7. The lowest BCUT2D eigenvalue weighted by Gasteiger charge is -2.08. The van der Waals surface area contributed by atoms with Gasteiger partial charge in [-0.05, 0) is 18.4 Å². The lowest BCUT2D eigenvalue weighted by molar-refractivity contribution is 0.125. The van der Waals surface area contributed by atoms with Crippen molar-refractivity contribution in [3.63, 3.8) is 0 Å². The molecule has 1 aromatic carbocycles. The van der Waals surface area contributed by atoms with Crippen LogP contribution in [-0.4, -0.2) is 19.8 Å². The van der Waals surface area contributed by atoms with Crippen LogP contribution in [0.3, 0.4) is 0 Å². The van der Waals surface area contributed by atoms with Crippen molar-refractivity contribution in [3.8, 4) is 0 Å². The molecule has 2 nitrogen and oxygen atoms in total. The van der Waals surface area contributed by atoms with Crippen LogP contribution in [0.15, 0.2) is 24.3 Å². The van der Waals surface area contributed by atoms with E-state index in [0.29, 0.717) is 24.6 Å². The second-order valence-electron chi connectivity index (χ2n) is 4.56. The standard InChI is InChI=1S/C14H22FNO/c1-12(2)7-9-17-10-8-16-11-13-5-3-4-6-14(13)15/h3-6,12,16H,7-11H2,1-2H3. The molecule has 0 saturated carbocycles. The van der Waals surface area contributed by atoms with Gasteiger partial charge >= 0.3 is 0 Å². The molecule has 0 saturated heterocycles. The third kappa shape index (κ3) is 6.39. The fourth-order valence-electron chi connectivity index (χ4n) is 1.43. The first-order valence-corrected chi connectivity index (χ1v) is 6.22. The molecule has 0 amide bonds. The molecule has 0 aliphatic carbocycles. The summed E-state index contributed by atoms with van der Waals surface area (Å²) in [5, 5.41) is 3.17. The van der Waals surface area contributed by atoms with Crippen LogP contribution in [0, 0.1) is 11.7 Å². The van der Waals surface area contributed by atoms with Crippen LogP contribution in [0.5, 0.6) is 0 Å². The Morgan fingerprint density at radius 3 is 2.71 bits per heavy atom. The predicted molar refractivity (Wildman–Crippen MR) is 68.4 cm³/mol. The van der Waals surface area contributed by atoms with Gasteiger partial charge in [0.05, 0.1) is 6.61 Å². The number of rotatable bonds is 8. The summed E-state index contributed by atoms with van der Waals surface area (Å²) in [7, 11) is 0. The van der Waals surface area contributed by atoms with Crippen molar-refractivity contribution in [3.05, 3.63) is 35.6 Å². The van der Waals surface area contributed by atoms with E-state index in [1.54, 1.807) is 12.1 Å². The summed E-state index contributed by atoms with van der Waals surface area (Å²) in [6.07, 6.45) is 1.09. The minimum Gasteiger partial charge on any atom is -0.380 e. The quantitative estimate of drug-likeness (QED) is 0.704. The number of benzene rings is 1. The molecule has 0 atom stereocenters. The predicted octanol–water partition coefficient (Wildman–Crippen LogP) is 2.98. The van der Waals surface area contributed by atoms with Crippen molar-refractivity contribution in [1.82, 2.24) is 5.32 Å². The summed E-state index contributed by atoms with van der Waals surface area (Å²) in [5.74, 6) is 0.530. The molecule has 0 spiro atoms. The van der Waals surface area contributed by atoms with E-state index in [0.717, 1.165) is 19.6 Å². The molecule has 1 N–H and O–H groups in total. The highest BCUT2D eigenvalue weighted by atomic mass is 19.1. The molecule has 0 unspecified atom stereocenters. The van der Waals surface area contributed by atoms with E-state index in [1.807, 2.05) is 6.07 Å². The third-order valence-corrected chi connectivity index (χ3v) is 2.54. The van der Waals surface area contributed by atoms with Gasteiger partial charge in [-0.3, -0.25) is 0 Å². The largest absolute Gasteiger partial charge is 0.380 e. The van der Waals surface area contributed by atoms with Gasteiger partial charge < -0.3 is 10.1 Å². The minimum atomic E-state index is -0.152. The van der Waals surface area contributed by atoms with Gasteiger partial charge in [-0.25, -0.2) is 4.39 Å².